The van der Waals surface area contributed by atoms with Gasteiger partial charge in [0.2, 0.25) is 5.91 Å². The van der Waals surface area contributed by atoms with Crippen LogP contribution >= 0.6 is 0 Å². The summed E-state index contributed by atoms with van der Waals surface area (Å²) in [5.74, 6) is -0.822. The summed E-state index contributed by atoms with van der Waals surface area (Å²) < 4.78 is 11.1. The van der Waals surface area contributed by atoms with Gasteiger partial charge in [-0.25, -0.2) is 4.79 Å². The largest absolute Gasteiger partial charge is 0.482 e. The highest BCUT2D eigenvalue weighted by Gasteiger charge is 2.35. The third-order valence-electron chi connectivity index (χ3n) is 4.68. The van der Waals surface area contributed by atoms with E-state index in [9.17, 15) is 9.59 Å². The number of ether oxygens (including phenoxy) is 2. The smallest absolute Gasteiger partial charge is 0.341 e. The standard InChI is InChI=1S/C21H23NO5/c1-22(16-9-11-17(12-10-16)27-14-19(23)24)21(25)18-8-5-13-26-20(18)15-6-3-2-4-7-15/h2-4,6-7,9-12,18,20H,5,8,13-14H2,1H3,(H,23,24). The Kier molecular flexibility index (Phi) is 6.08. The maximum Gasteiger partial charge on any atom is 0.341 e. The zero-order chi connectivity index (χ0) is 19.2. The van der Waals surface area contributed by atoms with Crippen LogP contribution in [0.4, 0.5) is 5.69 Å². The molecule has 0 aliphatic carbocycles. The van der Waals surface area contributed by atoms with E-state index in [2.05, 4.69) is 0 Å². The van der Waals surface area contributed by atoms with E-state index >= 15 is 0 Å². The van der Waals surface area contributed by atoms with Gasteiger partial charge in [0.15, 0.2) is 6.61 Å². The van der Waals surface area contributed by atoms with Gasteiger partial charge >= 0.3 is 5.97 Å². The number of hydrogen-bond acceptors (Lipinski definition) is 4. The molecule has 3 rings (SSSR count). The van der Waals surface area contributed by atoms with E-state index in [1.54, 1.807) is 36.2 Å². The molecule has 6 heteroatoms. The van der Waals surface area contributed by atoms with Crippen LogP contribution in [0.3, 0.4) is 0 Å². The van der Waals surface area contributed by atoms with Gasteiger partial charge in [0, 0.05) is 19.3 Å². The number of aliphatic carboxylic acids is 1. The Hall–Kier alpha value is -2.86. The molecule has 2 aromatic carbocycles. The molecule has 0 spiro atoms. The minimum Gasteiger partial charge on any atom is -0.482 e. The van der Waals surface area contributed by atoms with Crippen molar-refractivity contribution in [3.63, 3.8) is 0 Å². The van der Waals surface area contributed by atoms with Gasteiger partial charge in [0.25, 0.3) is 0 Å². The molecule has 1 amide bonds. The average Bonchev–Trinajstić information content (AvgIpc) is 2.72. The quantitative estimate of drug-likeness (QED) is 0.846. The van der Waals surface area contributed by atoms with Gasteiger partial charge in [0.1, 0.15) is 5.75 Å². The van der Waals surface area contributed by atoms with Gasteiger partial charge in [-0.3, -0.25) is 4.79 Å². The predicted molar refractivity (Wildman–Crippen MR) is 101 cm³/mol. The van der Waals surface area contributed by atoms with Crippen LogP contribution in [-0.4, -0.2) is 37.2 Å². The second-order valence-electron chi connectivity index (χ2n) is 6.52. The molecule has 1 N–H and O–H groups in total. The lowest BCUT2D eigenvalue weighted by Crippen LogP contribution is -2.38. The van der Waals surface area contributed by atoms with Crippen LogP contribution in [0.5, 0.6) is 5.75 Å². The predicted octanol–water partition coefficient (Wildman–Crippen LogP) is 3.28. The molecule has 0 saturated carbocycles. The van der Waals surface area contributed by atoms with Crippen LogP contribution in [0, 0.1) is 5.92 Å². The lowest BCUT2D eigenvalue weighted by Gasteiger charge is -2.33. The third kappa shape index (κ3) is 4.65. The summed E-state index contributed by atoms with van der Waals surface area (Å²) in [5, 5.41) is 8.66. The van der Waals surface area contributed by atoms with Crippen molar-refractivity contribution < 1.29 is 24.2 Å². The minimum absolute atomic E-state index is 0.00255. The molecular weight excluding hydrogens is 346 g/mol. The van der Waals surface area contributed by atoms with Crippen molar-refractivity contribution in [3.8, 4) is 5.75 Å². The lowest BCUT2D eigenvalue weighted by atomic mass is 9.88. The number of amides is 1. The number of carbonyl (C=O) groups is 2. The fourth-order valence-electron chi connectivity index (χ4n) is 3.29. The first-order chi connectivity index (χ1) is 13.1. The zero-order valence-electron chi connectivity index (χ0n) is 15.2. The van der Waals surface area contributed by atoms with Crippen LogP contribution in [0.1, 0.15) is 24.5 Å². The molecule has 2 atom stereocenters. The molecule has 1 heterocycles. The number of carbonyl (C=O) groups excluding carboxylic acids is 1. The van der Waals surface area contributed by atoms with Crippen LogP contribution in [-0.2, 0) is 14.3 Å². The molecular formula is C21H23NO5. The molecule has 0 aromatic heterocycles. The molecule has 2 unspecified atom stereocenters. The van der Waals surface area contributed by atoms with Crippen LogP contribution < -0.4 is 9.64 Å². The van der Waals surface area contributed by atoms with Gasteiger partial charge < -0.3 is 19.5 Å². The van der Waals surface area contributed by atoms with Crippen molar-refractivity contribution in [1.82, 2.24) is 0 Å². The van der Waals surface area contributed by atoms with Crippen molar-refractivity contribution >= 4 is 17.6 Å². The molecule has 1 saturated heterocycles. The Morgan fingerprint density at radius 3 is 2.52 bits per heavy atom. The SMILES string of the molecule is CN(C(=O)C1CCCOC1c1ccccc1)c1ccc(OCC(=O)O)cc1. The average molecular weight is 369 g/mol. The molecule has 27 heavy (non-hydrogen) atoms. The summed E-state index contributed by atoms with van der Waals surface area (Å²) in [6.07, 6.45) is 1.39. The Bertz CT molecular complexity index is 775. The van der Waals surface area contributed by atoms with Gasteiger partial charge in [-0.15, -0.1) is 0 Å². The molecule has 0 bridgehead atoms. The first-order valence-corrected chi connectivity index (χ1v) is 8.95. The summed E-state index contributed by atoms with van der Waals surface area (Å²) in [6, 6.07) is 16.6. The fraction of sp³-hybridized carbons (Fsp3) is 0.333. The van der Waals surface area contributed by atoms with Gasteiger partial charge in [-0.1, -0.05) is 30.3 Å². The highest BCUT2D eigenvalue weighted by Crippen LogP contribution is 2.35. The zero-order valence-corrected chi connectivity index (χ0v) is 15.2. The maximum absolute atomic E-state index is 13.1. The van der Waals surface area contributed by atoms with E-state index in [1.165, 1.54) is 0 Å². The highest BCUT2D eigenvalue weighted by atomic mass is 16.5. The molecule has 1 aliphatic heterocycles. The lowest BCUT2D eigenvalue weighted by molar-refractivity contribution is -0.139. The van der Waals surface area contributed by atoms with Crippen LogP contribution in [0.2, 0.25) is 0 Å². The first kappa shape index (κ1) is 18.9. The van der Waals surface area contributed by atoms with Crippen molar-refractivity contribution in [2.24, 2.45) is 5.92 Å². The molecule has 142 valence electrons. The summed E-state index contributed by atoms with van der Waals surface area (Å²) in [5.41, 5.74) is 1.74. The van der Waals surface area contributed by atoms with Gasteiger partial charge in [0.05, 0.1) is 12.0 Å². The Balaban J connectivity index is 1.72. The van der Waals surface area contributed by atoms with E-state index in [1.807, 2.05) is 30.3 Å². The van der Waals surface area contributed by atoms with Crippen molar-refractivity contribution in [1.29, 1.82) is 0 Å². The molecule has 1 fully saturated rings. The summed E-state index contributed by atoms with van der Waals surface area (Å²) in [7, 11) is 1.74. The number of anilines is 1. The summed E-state index contributed by atoms with van der Waals surface area (Å²) >= 11 is 0. The van der Waals surface area contributed by atoms with E-state index in [4.69, 9.17) is 14.6 Å². The molecule has 2 aromatic rings. The minimum atomic E-state index is -1.03. The molecule has 0 radical (unpaired) electrons. The van der Waals surface area contributed by atoms with Crippen LogP contribution in [0.25, 0.3) is 0 Å². The second-order valence-corrected chi connectivity index (χ2v) is 6.52. The van der Waals surface area contributed by atoms with E-state index in [0.29, 0.717) is 12.4 Å². The van der Waals surface area contributed by atoms with Gasteiger partial charge in [-0.05, 0) is 42.7 Å². The monoisotopic (exact) mass is 369 g/mol. The Morgan fingerprint density at radius 1 is 1.15 bits per heavy atom. The Labute approximate surface area is 158 Å². The van der Waals surface area contributed by atoms with Crippen LogP contribution in [0.15, 0.2) is 54.6 Å². The van der Waals surface area contributed by atoms with E-state index in [0.717, 1.165) is 24.1 Å². The molecule has 6 nitrogen and oxygen atoms in total. The fourth-order valence-corrected chi connectivity index (χ4v) is 3.29. The van der Waals surface area contributed by atoms with E-state index in [-0.39, 0.29) is 17.9 Å². The topological polar surface area (TPSA) is 76.1 Å². The summed E-state index contributed by atoms with van der Waals surface area (Å²) in [4.78, 5) is 25.3. The second kappa shape index (κ2) is 8.68. The van der Waals surface area contributed by atoms with E-state index < -0.39 is 12.6 Å². The number of nitrogens with zero attached hydrogens (tertiary/aromatic N) is 1. The number of benzene rings is 2. The van der Waals surface area contributed by atoms with Gasteiger partial charge in [-0.2, -0.15) is 0 Å². The Morgan fingerprint density at radius 2 is 1.85 bits per heavy atom. The highest BCUT2D eigenvalue weighted by molar-refractivity contribution is 5.95. The number of carboxylic acid groups (broad SMARTS) is 1. The first-order valence-electron chi connectivity index (χ1n) is 8.95. The van der Waals surface area contributed by atoms with Crippen molar-refractivity contribution in [2.45, 2.75) is 18.9 Å². The van der Waals surface area contributed by atoms with Crippen molar-refractivity contribution in [2.75, 3.05) is 25.2 Å². The third-order valence-corrected chi connectivity index (χ3v) is 4.68. The number of hydrogen-bond donors (Lipinski definition) is 1. The van der Waals surface area contributed by atoms with Crippen molar-refractivity contribution in [3.05, 3.63) is 60.2 Å². The summed E-state index contributed by atoms with van der Waals surface area (Å²) in [6.45, 7) is 0.259. The number of carboxylic acids is 1. The normalized spacial score (nSPS) is 19.3. The maximum atomic E-state index is 13.1. The molecule has 1 aliphatic rings. The number of rotatable bonds is 6.